The molecule has 0 saturated carbocycles. The maximum absolute atomic E-state index is 9.17. The Morgan fingerprint density at radius 1 is 1.14 bits per heavy atom. The second-order valence-electron chi connectivity index (χ2n) is 6.23. The van der Waals surface area contributed by atoms with E-state index in [1.54, 1.807) is 37.1 Å². The molecule has 8 nitrogen and oxygen atoms in total. The highest BCUT2D eigenvalue weighted by Gasteiger charge is 2.12. The Morgan fingerprint density at radius 3 is 2.83 bits per heavy atom. The van der Waals surface area contributed by atoms with Crippen molar-refractivity contribution < 1.29 is 9.47 Å². The maximum Gasteiger partial charge on any atom is 0.198 e. The predicted molar refractivity (Wildman–Crippen MR) is 108 cm³/mol. The van der Waals surface area contributed by atoms with Gasteiger partial charge in [-0.1, -0.05) is 12.1 Å². The molecule has 29 heavy (non-hydrogen) atoms. The molecule has 0 radical (unpaired) electrons. The molecule has 0 amide bonds. The molecule has 144 valence electrons. The Morgan fingerprint density at radius 2 is 2.03 bits per heavy atom. The number of hydrogen-bond donors (Lipinski definition) is 1. The molecular weight excluding hydrogens is 368 g/mol. The van der Waals surface area contributed by atoms with Crippen LogP contribution in [-0.2, 0) is 6.54 Å². The minimum Gasteiger partial charge on any atom is -0.497 e. The Bertz CT molecular complexity index is 1210. The molecule has 0 aliphatic heterocycles. The van der Waals surface area contributed by atoms with Gasteiger partial charge in [0.25, 0.3) is 0 Å². The van der Waals surface area contributed by atoms with Crippen molar-refractivity contribution in [3.05, 3.63) is 66.1 Å². The Kier molecular flexibility index (Phi) is 4.95. The topological polar surface area (TPSA) is 97.4 Å². The average molecular weight is 386 g/mol. The van der Waals surface area contributed by atoms with Crippen molar-refractivity contribution in [1.29, 1.82) is 5.26 Å². The number of methoxy groups -OCH3 is 2. The first kappa shape index (κ1) is 18.3. The molecule has 2 aromatic heterocycles. The van der Waals surface area contributed by atoms with Gasteiger partial charge in [-0.25, -0.2) is 14.5 Å². The molecule has 8 heteroatoms. The van der Waals surface area contributed by atoms with E-state index in [-0.39, 0.29) is 0 Å². The van der Waals surface area contributed by atoms with Crippen molar-refractivity contribution in [2.24, 2.45) is 0 Å². The van der Waals surface area contributed by atoms with Gasteiger partial charge in [-0.3, -0.25) is 0 Å². The summed E-state index contributed by atoms with van der Waals surface area (Å²) in [5.41, 5.74) is 3.64. The van der Waals surface area contributed by atoms with Crippen molar-refractivity contribution in [2.75, 3.05) is 19.5 Å². The zero-order valence-corrected chi connectivity index (χ0v) is 16.0. The number of benzene rings is 2. The molecule has 0 fully saturated rings. The van der Waals surface area contributed by atoms with Gasteiger partial charge in [-0.15, -0.1) is 0 Å². The maximum atomic E-state index is 9.17. The summed E-state index contributed by atoms with van der Waals surface area (Å²) in [4.78, 5) is 9.01. The van der Waals surface area contributed by atoms with E-state index in [4.69, 9.17) is 19.7 Å². The normalized spacial score (nSPS) is 10.5. The second-order valence-corrected chi connectivity index (χ2v) is 6.23. The van der Waals surface area contributed by atoms with E-state index < -0.39 is 0 Å². The minimum atomic E-state index is 0.477. The number of rotatable bonds is 6. The summed E-state index contributed by atoms with van der Waals surface area (Å²) in [7, 11) is 3.24. The van der Waals surface area contributed by atoms with Crippen LogP contribution in [0.3, 0.4) is 0 Å². The highest BCUT2D eigenvalue weighted by atomic mass is 16.5. The summed E-state index contributed by atoms with van der Waals surface area (Å²) in [6, 6.07) is 15.1. The number of ether oxygens (including phenoxy) is 2. The molecule has 2 heterocycles. The molecule has 0 saturated heterocycles. The Hall–Kier alpha value is -4.12. The molecule has 1 N–H and O–H groups in total. The van der Waals surface area contributed by atoms with Gasteiger partial charge in [0.1, 0.15) is 17.8 Å². The van der Waals surface area contributed by atoms with E-state index in [0.717, 1.165) is 16.9 Å². The monoisotopic (exact) mass is 386 g/mol. The first-order valence-electron chi connectivity index (χ1n) is 8.87. The van der Waals surface area contributed by atoms with E-state index in [0.29, 0.717) is 35.0 Å². The van der Waals surface area contributed by atoms with Crippen LogP contribution in [0.25, 0.3) is 16.9 Å². The van der Waals surface area contributed by atoms with E-state index in [2.05, 4.69) is 21.5 Å². The molecule has 4 aromatic rings. The molecule has 0 bridgehead atoms. The van der Waals surface area contributed by atoms with Crippen LogP contribution in [-0.4, -0.2) is 33.8 Å². The molecule has 4 rings (SSSR count). The standard InChI is InChI=1S/C21H18N6O2/c1-28-17-7-6-16(19(9-17)29-2)11-23-20-21-24-13-25-27(21)12-18(26-20)15-5-3-4-14(8-15)10-22/h3-9,12-13H,11H2,1-2H3,(H,23,26). The van der Waals surface area contributed by atoms with Crippen LogP contribution in [0.1, 0.15) is 11.1 Å². The molecule has 0 aliphatic rings. The van der Waals surface area contributed by atoms with E-state index in [9.17, 15) is 0 Å². The van der Waals surface area contributed by atoms with E-state index in [1.165, 1.54) is 6.33 Å². The van der Waals surface area contributed by atoms with Crippen LogP contribution in [0.15, 0.2) is 55.0 Å². The summed E-state index contributed by atoms with van der Waals surface area (Å²) in [6.45, 7) is 0.477. The fraction of sp³-hybridized carbons (Fsp3) is 0.143. The van der Waals surface area contributed by atoms with Gasteiger partial charge >= 0.3 is 0 Å². The zero-order chi connectivity index (χ0) is 20.2. The van der Waals surface area contributed by atoms with E-state index in [1.807, 2.05) is 30.3 Å². The summed E-state index contributed by atoms with van der Waals surface area (Å²) >= 11 is 0. The summed E-state index contributed by atoms with van der Waals surface area (Å²) in [6.07, 6.45) is 3.27. The first-order chi connectivity index (χ1) is 14.2. The fourth-order valence-corrected chi connectivity index (χ4v) is 3.01. The first-order valence-corrected chi connectivity index (χ1v) is 8.87. The highest BCUT2D eigenvalue weighted by molar-refractivity contribution is 5.69. The second kappa shape index (κ2) is 7.86. The SMILES string of the molecule is COc1ccc(CNc2nc(-c3cccc(C#N)c3)cn3ncnc23)c(OC)c1. The van der Waals surface area contributed by atoms with Crippen LogP contribution in [0.5, 0.6) is 11.5 Å². The number of nitriles is 1. The quantitative estimate of drug-likeness (QED) is 0.543. The number of anilines is 1. The van der Waals surface area contributed by atoms with Gasteiger partial charge in [-0.05, 0) is 24.3 Å². The van der Waals surface area contributed by atoms with Crippen molar-refractivity contribution in [1.82, 2.24) is 19.6 Å². The zero-order valence-electron chi connectivity index (χ0n) is 16.0. The van der Waals surface area contributed by atoms with Crippen molar-refractivity contribution in [2.45, 2.75) is 6.54 Å². The summed E-state index contributed by atoms with van der Waals surface area (Å²) in [5, 5.41) is 16.7. The lowest BCUT2D eigenvalue weighted by atomic mass is 10.1. The van der Waals surface area contributed by atoms with Gasteiger partial charge in [0.15, 0.2) is 11.5 Å². The van der Waals surface area contributed by atoms with Crippen molar-refractivity contribution >= 4 is 11.5 Å². The van der Waals surface area contributed by atoms with Gasteiger partial charge in [0.2, 0.25) is 0 Å². The molecule has 2 aromatic carbocycles. The van der Waals surface area contributed by atoms with Gasteiger partial charge in [0, 0.05) is 23.7 Å². The van der Waals surface area contributed by atoms with Crippen LogP contribution in [0.4, 0.5) is 5.82 Å². The lowest BCUT2D eigenvalue weighted by Crippen LogP contribution is -2.07. The predicted octanol–water partition coefficient (Wildman–Crippen LogP) is 3.29. The third kappa shape index (κ3) is 3.66. The molecule has 0 unspecified atom stereocenters. The number of nitrogens with one attached hydrogen (secondary N) is 1. The number of fused-ring (bicyclic) bond motifs is 1. The van der Waals surface area contributed by atoms with Gasteiger partial charge < -0.3 is 14.8 Å². The third-order valence-corrected chi connectivity index (χ3v) is 4.49. The molecular formula is C21H18N6O2. The summed E-state index contributed by atoms with van der Waals surface area (Å²) in [5.74, 6) is 2.02. The summed E-state index contributed by atoms with van der Waals surface area (Å²) < 4.78 is 12.4. The van der Waals surface area contributed by atoms with Crippen LogP contribution in [0, 0.1) is 11.3 Å². The third-order valence-electron chi connectivity index (χ3n) is 4.49. The van der Waals surface area contributed by atoms with Crippen LogP contribution >= 0.6 is 0 Å². The minimum absolute atomic E-state index is 0.477. The Balaban J connectivity index is 1.69. The average Bonchev–Trinajstić information content (AvgIpc) is 3.26. The number of aromatic nitrogens is 4. The molecule has 0 aliphatic carbocycles. The lowest BCUT2D eigenvalue weighted by Gasteiger charge is -2.13. The smallest absolute Gasteiger partial charge is 0.198 e. The van der Waals surface area contributed by atoms with Gasteiger partial charge in [-0.2, -0.15) is 10.4 Å². The largest absolute Gasteiger partial charge is 0.497 e. The molecule has 0 spiro atoms. The lowest BCUT2D eigenvalue weighted by molar-refractivity contribution is 0.391. The van der Waals surface area contributed by atoms with Crippen LogP contribution < -0.4 is 14.8 Å². The number of nitrogens with zero attached hydrogens (tertiary/aromatic N) is 5. The number of hydrogen-bond acceptors (Lipinski definition) is 7. The van der Waals surface area contributed by atoms with Crippen molar-refractivity contribution in [3.8, 4) is 28.8 Å². The van der Waals surface area contributed by atoms with Crippen LogP contribution in [0.2, 0.25) is 0 Å². The Labute approximate surface area is 167 Å². The van der Waals surface area contributed by atoms with E-state index >= 15 is 0 Å². The van der Waals surface area contributed by atoms with Crippen molar-refractivity contribution in [3.63, 3.8) is 0 Å². The fourth-order valence-electron chi connectivity index (χ4n) is 3.01. The highest BCUT2D eigenvalue weighted by Crippen LogP contribution is 2.27. The molecule has 0 atom stereocenters. The van der Waals surface area contributed by atoms with Gasteiger partial charge in [0.05, 0.1) is 37.7 Å².